The van der Waals surface area contributed by atoms with Crippen LogP contribution in [0.25, 0.3) is 44.1 Å². The van der Waals surface area contributed by atoms with Crippen LogP contribution in [0, 0.1) is 10.1 Å². The standard InChI is InChI=1S/C22H19N7O5/c1-12(30)34-28-19-9-18-17(7-13(19)10-24-28)26-22(31)21(25-18)16-11-27(6-2-5-23)20-8-14(29(32)33)3-4-15(16)20/h3-4,7-11H,2,5-6,23H2,1H3,(H,26,31). The van der Waals surface area contributed by atoms with Crippen molar-refractivity contribution in [3.63, 3.8) is 0 Å². The highest BCUT2D eigenvalue weighted by Gasteiger charge is 2.19. The molecule has 0 amide bonds. The van der Waals surface area contributed by atoms with E-state index >= 15 is 0 Å². The number of carbonyl (C=O) groups is 1. The number of H-pyrrole nitrogens is 1. The van der Waals surface area contributed by atoms with Gasteiger partial charge >= 0.3 is 5.97 Å². The minimum Gasteiger partial charge on any atom is -0.347 e. The summed E-state index contributed by atoms with van der Waals surface area (Å²) in [6, 6.07) is 7.86. The fourth-order valence-electron chi connectivity index (χ4n) is 3.99. The molecule has 0 bridgehead atoms. The number of rotatable bonds is 6. The van der Waals surface area contributed by atoms with Crippen molar-refractivity contribution < 1.29 is 14.6 Å². The fourth-order valence-corrected chi connectivity index (χ4v) is 3.99. The summed E-state index contributed by atoms with van der Waals surface area (Å²) in [7, 11) is 0. The summed E-state index contributed by atoms with van der Waals surface area (Å²) in [5.74, 6) is -0.528. The highest BCUT2D eigenvalue weighted by atomic mass is 16.7. The molecule has 3 heterocycles. The van der Waals surface area contributed by atoms with Crippen LogP contribution in [0.4, 0.5) is 5.69 Å². The molecular formula is C22H19N7O5. The number of aromatic amines is 1. The Morgan fingerprint density at radius 3 is 2.82 bits per heavy atom. The Morgan fingerprint density at radius 2 is 2.09 bits per heavy atom. The molecule has 5 rings (SSSR count). The number of nitrogens with one attached hydrogen (secondary N) is 1. The van der Waals surface area contributed by atoms with Crippen molar-refractivity contribution in [3.05, 3.63) is 63.2 Å². The van der Waals surface area contributed by atoms with E-state index in [2.05, 4.69) is 15.1 Å². The molecule has 0 saturated heterocycles. The summed E-state index contributed by atoms with van der Waals surface area (Å²) in [6.07, 6.45) is 3.93. The minimum absolute atomic E-state index is 0.0485. The van der Waals surface area contributed by atoms with Gasteiger partial charge in [-0.1, -0.05) is 4.85 Å². The Hall–Kier alpha value is -4.58. The normalized spacial score (nSPS) is 11.5. The zero-order valence-corrected chi connectivity index (χ0v) is 18.0. The molecule has 0 saturated carbocycles. The second kappa shape index (κ2) is 8.08. The molecule has 3 N–H and O–H groups in total. The van der Waals surface area contributed by atoms with Gasteiger partial charge in [0.1, 0.15) is 11.2 Å². The second-order valence-electron chi connectivity index (χ2n) is 7.78. The summed E-state index contributed by atoms with van der Waals surface area (Å²) in [5, 5.41) is 16.7. The highest BCUT2D eigenvalue weighted by molar-refractivity contribution is 5.98. The van der Waals surface area contributed by atoms with Crippen LogP contribution in [0.1, 0.15) is 13.3 Å². The van der Waals surface area contributed by atoms with Gasteiger partial charge in [-0.2, -0.15) is 0 Å². The van der Waals surface area contributed by atoms with E-state index in [1.807, 2.05) is 4.57 Å². The first-order valence-corrected chi connectivity index (χ1v) is 10.4. The molecule has 0 atom stereocenters. The molecule has 3 aromatic heterocycles. The summed E-state index contributed by atoms with van der Waals surface area (Å²) >= 11 is 0. The molecule has 0 fully saturated rings. The fraction of sp³-hybridized carbons (Fsp3) is 0.182. The van der Waals surface area contributed by atoms with Gasteiger partial charge in [0.15, 0.2) is 0 Å². The van der Waals surface area contributed by atoms with Crippen LogP contribution >= 0.6 is 0 Å². The summed E-state index contributed by atoms with van der Waals surface area (Å²) in [6.45, 7) is 2.25. The quantitative estimate of drug-likeness (QED) is 0.287. The van der Waals surface area contributed by atoms with Crippen LogP contribution < -0.4 is 16.1 Å². The maximum atomic E-state index is 13.0. The third-order valence-electron chi connectivity index (χ3n) is 5.50. The topological polar surface area (TPSA) is 164 Å². The van der Waals surface area contributed by atoms with Crippen molar-refractivity contribution in [3.8, 4) is 11.3 Å². The molecule has 0 spiro atoms. The minimum atomic E-state index is -0.528. The van der Waals surface area contributed by atoms with Crippen LogP contribution in [-0.4, -0.2) is 41.9 Å². The molecule has 172 valence electrons. The average molecular weight is 461 g/mol. The lowest BCUT2D eigenvalue weighted by Gasteiger charge is -2.04. The average Bonchev–Trinajstić information content (AvgIpc) is 3.35. The lowest BCUT2D eigenvalue weighted by atomic mass is 10.1. The van der Waals surface area contributed by atoms with Crippen molar-refractivity contribution >= 4 is 44.5 Å². The predicted molar refractivity (Wildman–Crippen MR) is 124 cm³/mol. The van der Waals surface area contributed by atoms with Crippen molar-refractivity contribution in [1.29, 1.82) is 0 Å². The number of hydrogen-bond acceptors (Lipinski definition) is 8. The van der Waals surface area contributed by atoms with Crippen molar-refractivity contribution in [2.75, 3.05) is 6.54 Å². The predicted octanol–water partition coefficient (Wildman–Crippen LogP) is 2.13. The van der Waals surface area contributed by atoms with Crippen LogP contribution in [-0.2, 0) is 11.3 Å². The number of nitro benzene ring substituents is 1. The van der Waals surface area contributed by atoms with E-state index in [1.54, 1.807) is 24.4 Å². The molecule has 12 nitrogen and oxygen atoms in total. The monoisotopic (exact) mass is 461 g/mol. The summed E-state index contributed by atoms with van der Waals surface area (Å²) in [5.41, 5.74) is 7.97. The maximum absolute atomic E-state index is 13.0. The third kappa shape index (κ3) is 3.55. The van der Waals surface area contributed by atoms with Gasteiger partial charge in [0.2, 0.25) is 0 Å². The van der Waals surface area contributed by atoms with Gasteiger partial charge < -0.3 is 20.1 Å². The van der Waals surface area contributed by atoms with Gasteiger partial charge in [-0.3, -0.25) is 14.9 Å². The molecule has 0 aliphatic heterocycles. The Morgan fingerprint density at radius 1 is 1.26 bits per heavy atom. The molecule has 0 aliphatic rings. The summed E-state index contributed by atoms with van der Waals surface area (Å²) < 4.78 is 1.84. The van der Waals surface area contributed by atoms with E-state index < -0.39 is 16.5 Å². The van der Waals surface area contributed by atoms with E-state index in [0.717, 1.165) is 4.85 Å². The van der Waals surface area contributed by atoms with Gasteiger partial charge in [0.25, 0.3) is 11.2 Å². The molecule has 2 aromatic carbocycles. The number of aromatic nitrogens is 5. The van der Waals surface area contributed by atoms with E-state index in [-0.39, 0.29) is 11.4 Å². The van der Waals surface area contributed by atoms with Crippen LogP contribution in [0.5, 0.6) is 0 Å². The number of nitrogens with zero attached hydrogens (tertiary/aromatic N) is 5. The second-order valence-corrected chi connectivity index (χ2v) is 7.78. The number of benzene rings is 2. The molecule has 12 heteroatoms. The molecule has 34 heavy (non-hydrogen) atoms. The Kier molecular flexibility index (Phi) is 5.06. The van der Waals surface area contributed by atoms with Crippen molar-refractivity contribution in [2.45, 2.75) is 19.9 Å². The maximum Gasteiger partial charge on any atom is 0.331 e. The van der Waals surface area contributed by atoms with Gasteiger partial charge in [0.05, 0.1) is 27.7 Å². The van der Waals surface area contributed by atoms with Gasteiger partial charge in [-0.05, 0) is 31.2 Å². The molecule has 5 aromatic rings. The van der Waals surface area contributed by atoms with E-state index in [9.17, 15) is 19.7 Å². The third-order valence-corrected chi connectivity index (χ3v) is 5.50. The van der Waals surface area contributed by atoms with Crippen molar-refractivity contribution in [1.82, 2.24) is 24.5 Å². The van der Waals surface area contributed by atoms with Crippen molar-refractivity contribution in [2.24, 2.45) is 5.73 Å². The number of nitrogens with two attached hydrogens (primary N) is 1. The number of aryl methyl sites for hydroxylation is 1. The van der Waals surface area contributed by atoms with Gasteiger partial charge in [-0.25, -0.2) is 9.78 Å². The van der Waals surface area contributed by atoms with Crippen LogP contribution in [0.15, 0.2) is 47.5 Å². The zero-order chi connectivity index (χ0) is 24.0. The number of non-ortho nitro benzene ring substituents is 1. The van der Waals surface area contributed by atoms with E-state index in [4.69, 9.17) is 10.6 Å². The number of carbonyl (C=O) groups excluding carboxylic acids is 1. The molecule has 0 unspecified atom stereocenters. The Labute approximate surface area is 190 Å². The van der Waals surface area contributed by atoms with E-state index in [1.165, 1.54) is 25.3 Å². The lowest BCUT2D eigenvalue weighted by molar-refractivity contribution is -0.384. The zero-order valence-electron chi connectivity index (χ0n) is 18.0. The molecule has 0 aliphatic carbocycles. The van der Waals surface area contributed by atoms with Gasteiger partial charge in [-0.15, -0.1) is 5.10 Å². The Balaban J connectivity index is 1.72. The number of fused-ring (bicyclic) bond motifs is 3. The first-order valence-electron chi connectivity index (χ1n) is 10.4. The van der Waals surface area contributed by atoms with E-state index in [0.29, 0.717) is 57.9 Å². The largest absolute Gasteiger partial charge is 0.347 e. The highest BCUT2D eigenvalue weighted by Crippen LogP contribution is 2.32. The first kappa shape index (κ1) is 21.3. The number of hydrogen-bond donors (Lipinski definition) is 2. The number of nitro groups is 1. The molecule has 0 radical (unpaired) electrons. The smallest absolute Gasteiger partial charge is 0.331 e. The SMILES string of the molecule is CC(=O)On1ncc2cc3[nH]c(=O)c(-c4cn(CCCN)c5cc([N+](=O)[O-])ccc45)nc3cc21. The first-order chi connectivity index (χ1) is 16.4. The van der Waals surface area contributed by atoms with Crippen LogP contribution in [0.3, 0.4) is 0 Å². The molecular weight excluding hydrogens is 442 g/mol. The van der Waals surface area contributed by atoms with Crippen LogP contribution in [0.2, 0.25) is 0 Å². The van der Waals surface area contributed by atoms with Gasteiger partial charge in [0, 0.05) is 48.1 Å². The lowest BCUT2D eigenvalue weighted by Crippen LogP contribution is -2.17. The Bertz CT molecular complexity index is 1660. The summed E-state index contributed by atoms with van der Waals surface area (Å²) in [4.78, 5) is 48.9.